The van der Waals surface area contributed by atoms with E-state index in [1.807, 2.05) is 45.0 Å². The quantitative estimate of drug-likeness (QED) is 0.222. The third-order valence-corrected chi connectivity index (χ3v) is 13.3. The van der Waals surface area contributed by atoms with Gasteiger partial charge in [-0.1, -0.05) is 51.8 Å². The van der Waals surface area contributed by atoms with Gasteiger partial charge in [0.1, 0.15) is 24.6 Å². The highest BCUT2D eigenvalue weighted by Gasteiger charge is 2.61. The van der Waals surface area contributed by atoms with Gasteiger partial charge in [-0.3, -0.25) is 24.1 Å². The number of carbonyl (C=O) groups is 4. The monoisotopic (exact) mass is 787 g/mol. The lowest BCUT2D eigenvalue weighted by Gasteiger charge is -2.35. The van der Waals surface area contributed by atoms with Gasteiger partial charge in [0.25, 0.3) is 0 Å². The third kappa shape index (κ3) is 9.17. The second-order valence-electron chi connectivity index (χ2n) is 18.1. The number of hydrogen-bond donors (Lipinski definition) is 1. The van der Waals surface area contributed by atoms with Gasteiger partial charge in [-0.05, 0) is 74.3 Å². The van der Waals surface area contributed by atoms with Gasteiger partial charge in [-0.15, -0.1) is 6.58 Å². The lowest BCUT2D eigenvalue weighted by Crippen LogP contribution is -2.48. The Morgan fingerprint density at radius 1 is 1.05 bits per heavy atom. The number of aliphatic carboxylic acids is 1. The molecule has 4 heterocycles. The van der Waals surface area contributed by atoms with Crippen LogP contribution in [0, 0.1) is 28.6 Å². The van der Waals surface area contributed by atoms with Crippen LogP contribution < -0.4 is 9.47 Å². The molecule has 0 spiro atoms. The number of hydrogen-bond acceptors (Lipinski definition) is 10. The average molecular weight is 788 g/mol. The van der Waals surface area contributed by atoms with Gasteiger partial charge in [0.2, 0.25) is 11.8 Å². The molecular formula is C45H61N3O9. The number of para-hydroxylation sites is 1. The highest BCUT2D eigenvalue weighted by molar-refractivity contribution is 5.95. The van der Waals surface area contributed by atoms with Crippen LogP contribution in [0.5, 0.6) is 11.6 Å². The Hall–Kier alpha value is -4.03. The first-order chi connectivity index (χ1) is 27.4. The fourth-order valence-electron chi connectivity index (χ4n) is 9.69. The molecule has 1 N–H and O–H groups in total. The van der Waals surface area contributed by atoms with Crippen molar-refractivity contribution in [1.82, 2.24) is 14.8 Å². The molecular weight excluding hydrogens is 727 g/mol. The maximum atomic E-state index is 14.8. The van der Waals surface area contributed by atoms with Crippen molar-refractivity contribution in [3.8, 4) is 11.6 Å². The van der Waals surface area contributed by atoms with Crippen molar-refractivity contribution in [3.63, 3.8) is 0 Å². The minimum Gasteiger partial charge on any atom is -0.491 e. The number of rotatable bonds is 9. The number of amides is 1. The number of nitrogens with zero attached hydrogens (tertiary/aromatic N) is 3. The van der Waals surface area contributed by atoms with Crippen molar-refractivity contribution in [3.05, 3.63) is 42.5 Å². The molecule has 2 saturated carbocycles. The van der Waals surface area contributed by atoms with Gasteiger partial charge in [0.15, 0.2) is 5.78 Å². The third-order valence-electron chi connectivity index (χ3n) is 13.3. The number of benzene rings is 1. The Kier molecular flexibility index (Phi) is 12.6. The van der Waals surface area contributed by atoms with Crippen molar-refractivity contribution in [1.29, 1.82) is 0 Å². The molecule has 2 saturated heterocycles. The van der Waals surface area contributed by atoms with Crippen molar-refractivity contribution in [2.45, 2.75) is 116 Å². The number of ether oxygens (including phenoxy) is 4. The largest absolute Gasteiger partial charge is 0.491 e. The number of ketones is 1. The molecule has 5 aliphatic rings. The molecule has 0 unspecified atom stereocenters. The number of esters is 1. The SMILES string of the molecule is C=C[C@@H]1C[C@]1(CC(=O)[C@@H]1C[C@@H]2CN1C(=O)[C@H](C(C)(C)C)CC(=O)O[C@@H]1CCC[C@H]1CCCCCc1c(nc3ccccc3c1OCCN1CCOCC1)O2)C(=O)O. The molecule has 1 aromatic carbocycles. The number of fused-ring (bicyclic) bond motifs is 5. The van der Waals surface area contributed by atoms with Crippen LogP contribution in [0.2, 0.25) is 0 Å². The van der Waals surface area contributed by atoms with Crippen LogP contribution in [0.25, 0.3) is 10.9 Å². The number of aromatic nitrogens is 1. The standard InChI is InChI=1S/C45H61N3O9/c1-5-30-26-45(30,43(52)53)27-37(49)36-24-31-28-48(36)42(51)34(44(2,3)4)25-39(50)57-38-17-11-13-29(38)12-7-6-8-15-33-40(55-23-20-47-18-21-54-22-19-47)32-14-9-10-16-35(32)46-41(33)56-31/h5,9-10,14,16,29-31,34,36,38H,1,6-8,11-13,15,17-28H2,2-4H3,(H,52,53)/t29-,30-,31-,34-,36+,38-,45-/m1/s1. The molecule has 1 aromatic heterocycles. The van der Waals surface area contributed by atoms with Crippen LogP contribution in [-0.4, -0.2) is 108 Å². The summed E-state index contributed by atoms with van der Waals surface area (Å²) in [6.45, 7) is 14.0. The molecule has 0 radical (unpaired) electrons. The predicted octanol–water partition coefficient (Wildman–Crippen LogP) is 6.41. The van der Waals surface area contributed by atoms with Crippen LogP contribution in [-0.2, 0) is 35.1 Å². The molecule has 2 aliphatic carbocycles. The number of pyridine rings is 1. The minimum absolute atomic E-state index is 0.0910. The molecule has 57 heavy (non-hydrogen) atoms. The second-order valence-corrected chi connectivity index (χ2v) is 18.1. The van der Waals surface area contributed by atoms with E-state index in [0.29, 0.717) is 38.5 Å². The van der Waals surface area contributed by atoms with E-state index < -0.39 is 34.9 Å². The van der Waals surface area contributed by atoms with E-state index in [9.17, 15) is 24.3 Å². The lowest BCUT2D eigenvalue weighted by molar-refractivity contribution is -0.158. The van der Waals surface area contributed by atoms with Crippen LogP contribution in [0.1, 0.15) is 97.0 Å². The van der Waals surface area contributed by atoms with E-state index >= 15 is 0 Å². The minimum atomic E-state index is -1.23. The molecule has 310 valence electrons. The van der Waals surface area contributed by atoms with Gasteiger partial charge in [0.05, 0.1) is 54.6 Å². The van der Waals surface area contributed by atoms with Crippen LogP contribution in [0.15, 0.2) is 36.9 Å². The number of carboxylic acid groups (broad SMARTS) is 1. The molecule has 4 fully saturated rings. The highest BCUT2D eigenvalue weighted by atomic mass is 16.5. The highest BCUT2D eigenvalue weighted by Crippen LogP contribution is 2.57. The van der Waals surface area contributed by atoms with Crippen molar-refractivity contribution in [2.24, 2.45) is 28.6 Å². The molecule has 7 rings (SSSR count). The first-order valence-corrected chi connectivity index (χ1v) is 21.3. The fourth-order valence-corrected chi connectivity index (χ4v) is 9.69. The average Bonchev–Trinajstić information content (AvgIpc) is 3.46. The Bertz CT molecular complexity index is 1820. The molecule has 1 amide bonds. The molecule has 7 atom stereocenters. The predicted molar refractivity (Wildman–Crippen MR) is 214 cm³/mol. The summed E-state index contributed by atoms with van der Waals surface area (Å²) < 4.78 is 25.3. The molecule has 2 aromatic rings. The molecule has 12 nitrogen and oxygen atoms in total. The maximum absolute atomic E-state index is 14.8. The zero-order valence-electron chi connectivity index (χ0n) is 34.0. The Labute approximate surface area is 336 Å². The normalized spacial score (nSPS) is 30.3. The summed E-state index contributed by atoms with van der Waals surface area (Å²) in [5.41, 5.74) is -0.262. The number of Topliss-reactive ketones (excluding diaryl/α,β-unsaturated/α-hetero) is 1. The smallest absolute Gasteiger partial charge is 0.310 e. The number of carboxylic acids is 1. The van der Waals surface area contributed by atoms with Gasteiger partial charge >= 0.3 is 11.9 Å². The summed E-state index contributed by atoms with van der Waals surface area (Å²) in [7, 11) is 0. The van der Waals surface area contributed by atoms with E-state index in [0.717, 1.165) is 86.8 Å². The van der Waals surface area contributed by atoms with Crippen LogP contribution in [0.4, 0.5) is 0 Å². The summed E-state index contributed by atoms with van der Waals surface area (Å²) >= 11 is 0. The molecule has 3 aliphatic heterocycles. The zero-order valence-corrected chi connectivity index (χ0v) is 34.0. The summed E-state index contributed by atoms with van der Waals surface area (Å²) in [4.78, 5) is 64.3. The Balaban J connectivity index is 1.25. The van der Waals surface area contributed by atoms with Crippen molar-refractivity contribution >= 4 is 34.5 Å². The van der Waals surface area contributed by atoms with Gasteiger partial charge < -0.3 is 29.0 Å². The first-order valence-electron chi connectivity index (χ1n) is 21.3. The lowest BCUT2D eigenvalue weighted by atomic mass is 9.77. The van der Waals surface area contributed by atoms with Gasteiger partial charge in [-0.2, -0.15) is 0 Å². The molecule has 12 heteroatoms. The van der Waals surface area contributed by atoms with Gasteiger partial charge in [-0.25, -0.2) is 4.98 Å². The maximum Gasteiger partial charge on any atom is 0.310 e. The first kappa shape index (κ1) is 41.1. The number of morpholine rings is 1. The van der Waals surface area contributed by atoms with E-state index in [4.69, 9.17) is 23.9 Å². The van der Waals surface area contributed by atoms with E-state index in [1.165, 1.54) is 0 Å². The van der Waals surface area contributed by atoms with Gasteiger partial charge in [0, 0.05) is 37.9 Å². The molecule has 2 bridgehead atoms. The zero-order chi connectivity index (χ0) is 40.3. The van der Waals surface area contributed by atoms with Crippen molar-refractivity contribution in [2.75, 3.05) is 46.0 Å². The summed E-state index contributed by atoms with van der Waals surface area (Å²) in [5, 5.41) is 11.1. The van der Waals surface area contributed by atoms with E-state index in [-0.39, 0.29) is 61.4 Å². The summed E-state index contributed by atoms with van der Waals surface area (Å²) in [5.74, 6) is -1.70. The van der Waals surface area contributed by atoms with Crippen LogP contribution in [0.3, 0.4) is 0 Å². The Morgan fingerprint density at radius 2 is 1.82 bits per heavy atom. The van der Waals surface area contributed by atoms with Crippen LogP contribution >= 0.6 is 0 Å². The second kappa shape index (κ2) is 17.4. The Morgan fingerprint density at radius 3 is 2.56 bits per heavy atom. The van der Waals surface area contributed by atoms with Crippen molar-refractivity contribution < 1.29 is 43.2 Å². The van der Waals surface area contributed by atoms with E-state index in [1.54, 1.807) is 11.0 Å². The number of allylic oxidation sites excluding steroid dienone is 1. The number of carbonyl (C=O) groups excluding carboxylic acids is 3. The topological polar surface area (TPSA) is 145 Å². The summed E-state index contributed by atoms with van der Waals surface area (Å²) in [6.07, 6.45) is 8.31. The fraction of sp³-hybridized carbons (Fsp3) is 0.667. The summed E-state index contributed by atoms with van der Waals surface area (Å²) in [6, 6.07) is 6.97. The van der Waals surface area contributed by atoms with E-state index in [2.05, 4.69) is 11.5 Å².